The molecule has 1 saturated carbocycles. The molecule has 2 amide bonds. The molecule has 1 aromatic heterocycles. The number of ether oxygens (including phenoxy) is 1. The second kappa shape index (κ2) is 10.3. The van der Waals surface area contributed by atoms with Crippen LogP contribution in [0.1, 0.15) is 49.5 Å². The van der Waals surface area contributed by atoms with Crippen molar-refractivity contribution in [3.8, 4) is 0 Å². The van der Waals surface area contributed by atoms with Gasteiger partial charge in [-0.25, -0.2) is 8.78 Å². The minimum absolute atomic E-state index is 0.0818. The number of hydrogen-bond acceptors (Lipinski definition) is 5. The SMILES string of the molecule is COC(=O)Cn1c(C(=O)N2CCN(C(=O)[C@@H](N)C3CCCCC3)C[C@@H]2C)cc2cc(F)c(F)cc21. The number of aromatic nitrogens is 1. The lowest BCUT2D eigenvalue weighted by Crippen LogP contribution is -2.59. The fourth-order valence-corrected chi connectivity index (χ4v) is 5.31. The number of halogens is 2. The van der Waals surface area contributed by atoms with Crippen LogP contribution in [0.25, 0.3) is 10.9 Å². The molecule has 1 saturated heterocycles. The molecule has 2 aromatic rings. The van der Waals surface area contributed by atoms with E-state index < -0.39 is 23.6 Å². The van der Waals surface area contributed by atoms with E-state index in [0.717, 1.165) is 37.8 Å². The second-order valence-electron chi connectivity index (χ2n) is 9.57. The maximum Gasteiger partial charge on any atom is 0.325 e. The molecular formula is C25H32F2N4O4. The lowest BCUT2D eigenvalue weighted by atomic mass is 9.83. The van der Waals surface area contributed by atoms with Crippen LogP contribution in [0.15, 0.2) is 18.2 Å². The van der Waals surface area contributed by atoms with Crippen molar-refractivity contribution in [1.29, 1.82) is 0 Å². The molecular weight excluding hydrogens is 458 g/mol. The maximum atomic E-state index is 13.9. The number of rotatable bonds is 5. The molecule has 2 heterocycles. The lowest BCUT2D eigenvalue weighted by molar-refractivity contribution is -0.141. The first kappa shape index (κ1) is 25.1. The van der Waals surface area contributed by atoms with Gasteiger partial charge in [-0.3, -0.25) is 14.4 Å². The van der Waals surface area contributed by atoms with E-state index >= 15 is 0 Å². The molecule has 4 rings (SSSR count). The predicted octanol–water partition coefficient (Wildman–Crippen LogP) is 2.67. The molecule has 0 spiro atoms. The highest BCUT2D eigenvalue weighted by Crippen LogP contribution is 2.28. The number of benzene rings is 1. The van der Waals surface area contributed by atoms with Crippen molar-refractivity contribution in [3.63, 3.8) is 0 Å². The van der Waals surface area contributed by atoms with Gasteiger partial charge in [0.1, 0.15) is 12.2 Å². The summed E-state index contributed by atoms with van der Waals surface area (Å²) >= 11 is 0. The van der Waals surface area contributed by atoms with Crippen molar-refractivity contribution in [2.75, 3.05) is 26.7 Å². The average Bonchev–Trinajstić information content (AvgIpc) is 3.20. The number of carbonyl (C=O) groups is 3. The second-order valence-corrected chi connectivity index (χ2v) is 9.57. The lowest BCUT2D eigenvalue weighted by Gasteiger charge is -2.41. The zero-order valence-corrected chi connectivity index (χ0v) is 20.1. The standard InChI is InChI=1S/C25H32F2N4O4/c1-15-13-29(25(34)23(28)16-6-4-3-5-7-16)8-9-30(15)24(33)21-11-17-10-18(26)19(27)12-20(17)31(21)14-22(32)35-2/h10-12,15-16,23H,3-9,13-14,28H2,1-2H3/t15-,23-/m0/s1. The molecule has 1 aliphatic heterocycles. The highest BCUT2D eigenvalue weighted by molar-refractivity contribution is 5.99. The molecule has 35 heavy (non-hydrogen) atoms. The van der Waals surface area contributed by atoms with Gasteiger partial charge in [0.25, 0.3) is 5.91 Å². The van der Waals surface area contributed by atoms with Crippen LogP contribution in [-0.4, -0.2) is 71.0 Å². The molecule has 1 aromatic carbocycles. The van der Waals surface area contributed by atoms with E-state index in [2.05, 4.69) is 0 Å². The largest absolute Gasteiger partial charge is 0.468 e. The number of methoxy groups -OCH3 is 1. The summed E-state index contributed by atoms with van der Waals surface area (Å²) < 4.78 is 33.9. The number of nitrogens with zero attached hydrogens (tertiary/aromatic N) is 3. The number of fused-ring (bicyclic) bond motifs is 1. The van der Waals surface area contributed by atoms with Gasteiger partial charge in [0.15, 0.2) is 11.6 Å². The molecule has 0 bridgehead atoms. The van der Waals surface area contributed by atoms with Gasteiger partial charge in [-0.15, -0.1) is 0 Å². The minimum atomic E-state index is -1.07. The van der Waals surface area contributed by atoms with Crippen LogP contribution in [0, 0.1) is 17.6 Å². The first-order chi connectivity index (χ1) is 16.7. The summed E-state index contributed by atoms with van der Waals surface area (Å²) in [6.07, 6.45) is 5.30. The Hall–Kier alpha value is -3.01. The third-order valence-corrected chi connectivity index (χ3v) is 7.32. The van der Waals surface area contributed by atoms with E-state index in [1.807, 2.05) is 6.92 Å². The Morgan fingerprint density at radius 2 is 1.77 bits per heavy atom. The number of hydrogen-bond donors (Lipinski definition) is 1. The molecule has 2 N–H and O–H groups in total. The fraction of sp³-hybridized carbons (Fsp3) is 0.560. The number of carbonyl (C=O) groups excluding carboxylic acids is 3. The molecule has 0 unspecified atom stereocenters. The fourth-order valence-electron chi connectivity index (χ4n) is 5.31. The topological polar surface area (TPSA) is 97.9 Å². The van der Waals surface area contributed by atoms with Crippen molar-refractivity contribution in [2.24, 2.45) is 11.7 Å². The van der Waals surface area contributed by atoms with Crippen LogP contribution in [0.4, 0.5) is 8.78 Å². The minimum Gasteiger partial charge on any atom is -0.468 e. The summed E-state index contributed by atoms with van der Waals surface area (Å²) in [7, 11) is 1.21. The van der Waals surface area contributed by atoms with Gasteiger partial charge in [-0.2, -0.15) is 0 Å². The van der Waals surface area contributed by atoms with E-state index in [1.165, 1.54) is 24.2 Å². The Kier molecular flexibility index (Phi) is 7.39. The van der Waals surface area contributed by atoms with E-state index in [1.54, 1.807) is 9.80 Å². The van der Waals surface area contributed by atoms with Gasteiger partial charge in [0.05, 0.1) is 18.7 Å². The summed E-state index contributed by atoms with van der Waals surface area (Å²) in [5.74, 6) is -3.01. The summed E-state index contributed by atoms with van der Waals surface area (Å²) in [6, 6.07) is 2.58. The van der Waals surface area contributed by atoms with Crippen molar-refractivity contribution < 1.29 is 27.9 Å². The first-order valence-electron chi connectivity index (χ1n) is 12.1. The molecule has 10 heteroatoms. The third-order valence-electron chi connectivity index (χ3n) is 7.32. The van der Waals surface area contributed by atoms with Crippen molar-refractivity contribution in [1.82, 2.24) is 14.4 Å². The highest BCUT2D eigenvalue weighted by Gasteiger charge is 2.36. The van der Waals surface area contributed by atoms with Crippen LogP contribution in [-0.2, 0) is 20.9 Å². The maximum absolute atomic E-state index is 13.9. The van der Waals surface area contributed by atoms with Crippen LogP contribution in [0.3, 0.4) is 0 Å². The van der Waals surface area contributed by atoms with Gasteiger partial charge >= 0.3 is 5.97 Å². The quantitative estimate of drug-likeness (QED) is 0.650. The van der Waals surface area contributed by atoms with Gasteiger partial charge < -0.3 is 24.8 Å². The summed E-state index contributed by atoms with van der Waals surface area (Å²) in [5, 5.41) is 0.302. The van der Waals surface area contributed by atoms with Crippen molar-refractivity contribution in [2.45, 2.75) is 57.7 Å². The van der Waals surface area contributed by atoms with Crippen LogP contribution >= 0.6 is 0 Å². The summed E-state index contributed by atoms with van der Waals surface area (Å²) in [6.45, 7) is 2.48. The first-order valence-corrected chi connectivity index (χ1v) is 12.1. The molecule has 2 fully saturated rings. The van der Waals surface area contributed by atoms with Gasteiger partial charge in [-0.1, -0.05) is 19.3 Å². The number of esters is 1. The van der Waals surface area contributed by atoms with E-state index in [0.29, 0.717) is 18.5 Å². The number of nitrogens with two attached hydrogens (primary N) is 1. The Morgan fingerprint density at radius 3 is 2.43 bits per heavy atom. The summed E-state index contributed by atoms with van der Waals surface area (Å²) in [5.41, 5.74) is 6.67. The molecule has 190 valence electrons. The normalized spacial score (nSPS) is 20.2. The van der Waals surface area contributed by atoms with Crippen LogP contribution < -0.4 is 5.73 Å². The number of amides is 2. The van der Waals surface area contributed by atoms with E-state index in [9.17, 15) is 23.2 Å². The Labute approximate surface area is 203 Å². The molecule has 0 radical (unpaired) electrons. The zero-order valence-electron chi connectivity index (χ0n) is 20.1. The molecule has 8 nitrogen and oxygen atoms in total. The monoisotopic (exact) mass is 490 g/mol. The van der Waals surface area contributed by atoms with E-state index in [4.69, 9.17) is 10.5 Å². The summed E-state index contributed by atoms with van der Waals surface area (Å²) in [4.78, 5) is 41.9. The van der Waals surface area contributed by atoms with Crippen LogP contribution in [0.2, 0.25) is 0 Å². The predicted molar refractivity (Wildman–Crippen MR) is 125 cm³/mol. The van der Waals surface area contributed by atoms with Crippen molar-refractivity contribution >= 4 is 28.7 Å². The van der Waals surface area contributed by atoms with Crippen LogP contribution in [0.5, 0.6) is 0 Å². The van der Waals surface area contributed by atoms with Gasteiger partial charge in [-0.05, 0) is 37.8 Å². The average molecular weight is 491 g/mol. The highest BCUT2D eigenvalue weighted by atomic mass is 19.2. The molecule has 1 aliphatic carbocycles. The molecule has 2 atom stereocenters. The smallest absolute Gasteiger partial charge is 0.325 e. The Morgan fingerprint density at radius 1 is 1.09 bits per heavy atom. The van der Waals surface area contributed by atoms with Crippen molar-refractivity contribution in [3.05, 3.63) is 35.5 Å². The van der Waals surface area contributed by atoms with Gasteiger partial charge in [0, 0.05) is 37.1 Å². The third kappa shape index (κ3) is 5.03. The number of piperazine rings is 1. The van der Waals surface area contributed by atoms with Gasteiger partial charge in [0.2, 0.25) is 5.91 Å². The molecule has 2 aliphatic rings. The van der Waals surface area contributed by atoms with E-state index in [-0.39, 0.29) is 48.1 Å². The Balaban J connectivity index is 1.54. The zero-order chi connectivity index (χ0) is 25.3. The Bertz CT molecular complexity index is 1130.